The van der Waals surface area contributed by atoms with Crippen LogP contribution in [0.25, 0.3) is 0 Å². The molecule has 1 aliphatic heterocycles. The molecule has 0 bridgehead atoms. The Hall–Kier alpha value is -0.900. The summed E-state index contributed by atoms with van der Waals surface area (Å²) in [6.07, 6.45) is -0.0821. The summed E-state index contributed by atoms with van der Waals surface area (Å²) >= 11 is 5.15. The van der Waals surface area contributed by atoms with E-state index in [4.69, 9.17) is 30.9 Å². The number of nitrogens with one attached hydrogen (secondary N) is 1. The SMILES string of the molecule is Cc1cn([C@@H]2O[C@H](/C=C/P(=O)(O)O)C[C@H]2OP(O)(=S)C(C)C)c(=O)[nH]c1=O. The van der Waals surface area contributed by atoms with Crippen molar-refractivity contribution in [3.63, 3.8) is 0 Å². The smallest absolute Gasteiger partial charge is 0.348 e. The Balaban J connectivity index is 2.41. The average molecular weight is 440 g/mol. The van der Waals surface area contributed by atoms with Gasteiger partial charge in [0.2, 0.25) is 0 Å². The van der Waals surface area contributed by atoms with E-state index in [9.17, 15) is 19.0 Å². The number of hydrogen-bond acceptors (Lipinski definition) is 6. The van der Waals surface area contributed by atoms with Gasteiger partial charge in [-0.05, 0) is 24.8 Å². The summed E-state index contributed by atoms with van der Waals surface area (Å²) in [6.45, 7) is 1.71. The standard InChI is InChI=1S/C14H22N2O8P2S/c1-8(2)26(22,27)24-11-6-10(4-5-25(19,20)21)23-13(11)16-7-9(3)12(17)15-14(16)18/h4-5,7-8,10-11,13H,6H2,1-3H3,(H,22,27)(H,15,17,18)(H2,19,20,21)/b5-4+/t10-,11-,13-,26?/m1/s1. The van der Waals surface area contributed by atoms with Crippen LogP contribution in [0.2, 0.25) is 0 Å². The molecule has 0 radical (unpaired) electrons. The van der Waals surface area contributed by atoms with E-state index < -0.39 is 43.8 Å². The average Bonchev–Trinajstić information content (AvgIpc) is 2.90. The fourth-order valence-electron chi connectivity index (χ4n) is 2.43. The molecule has 4 N–H and O–H groups in total. The third-order valence-corrected chi connectivity index (χ3v) is 7.91. The Labute approximate surface area is 160 Å². The quantitative estimate of drug-likeness (QED) is 0.473. The first-order valence-corrected chi connectivity index (χ1v) is 12.5. The largest absolute Gasteiger partial charge is 0.348 e. The van der Waals surface area contributed by atoms with Gasteiger partial charge < -0.3 is 23.9 Å². The van der Waals surface area contributed by atoms with Crippen LogP contribution in [0.5, 0.6) is 0 Å². The highest BCUT2D eigenvalue weighted by Crippen LogP contribution is 2.52. The zero-order chi connectivity index (χ0) is 20.6. The molecule has 152 valence electrons. The first-order valence-electron chi connectivity index (χ1n) is 8.03. The third kappa shape index (κ3) is 5.79. The van der Waals surface area contributed by atoms with Gasteiger partial charge in [-0.3, -0.25) is 18.9 Å². The molecule has 13 heteroatoms. The molecule has 2 rings (SSSR count). The van der Waals surface area contributed by atoms with Crippen LogP contribution in [0, 0.1) is 6.92 Å². The molecule has 0 aromatic carbocycles. The topological polar surface area (TPSA) is 151 Å². The third-order valence-electron chi connectivity index (χ3n) is 3.95. The van der Waals surface area contributed by atoms with Gasteiger partial charge in [0.05, 0.1) is 6.10 Å². The van der Waals surface area contributed by atoms with E-state index in [1.54, 1.807) is 13.8 Å². The molecule has 1 aromatic rings. The number of aromatic amines is 1. The molecule has 1 aromatic heterocycles. The molecule has 1 fully saturated rings. The van der Waals surface area contributed by atoms with Gasteiger partial charge >= 0.3 is 13.3 Å². The van der Waals surface area contributed by atoms with Crippen LogP contribution in [-0.4, -0.2) is 42.1 Å². The first kappa shape index (κ1) is 22.4. The molecular formula is C14H22N2O8P2S. The molecule has 0 saturated carbocycles. The van der Waals surface area contributed by atoms with E-state index in [0.717, 1.165) is 4.57 Å². The van der Waals surface area contributed by atoms with Crippen molar-refractivity contribution >= 4 is 25.9 Å². The molecule has 10 nitrogen and oxygen atoms in total. The Morgan fingerprint density at radius 2 is 2.04 bits per heavy atom. The molecule has 1 unspecified atom stereocenters. The Morgan fingerprint density at radius 1 is 1.41 bits per heavy atom. The van der Waals surface area contributed by atoms with Crippen LogP contribution in [0.3, 0.4) is 0 Å². The van der Waals surface area contributed by atoms with Crippen molar-refractivity contribution < 1.29 is 28.5 Å². The van der Waals surface area contributed by atoms with Crippen molar-refractivity contribution in [1.82, 2.24) is 9.55 Å². The minimum atomic E-state index is -4.39. The van der Waals surface area contributed by atoms with Gasteiger partial charge in [-0.25, -0.2) is 4.79 Å². The van der Waals surface area contributed by atoms with Crippen molar-refractivity contribution in [2.75, 3.05) is 0 Å². The minimum absolute atomic E-state index is 0.109. The molecular weight excluding hydrogens is 418 g/mol. The monoisotopic (exact) mass is 440 g/mol. The zero-order valence-electron chi connectivity index (χ0n) is 14.9. The fraction of sp³-hybridized carbons (Fsp3) is 0.571. The van der Waals surface area contributed by atoms with E-state index in [0.29, 0.717) is 5.82 Å². The Bertz CT molecular complexity index is 934. The van der Waals surface area contributed by atoms with Crippen LogP contribution in [0.1, 0.15) is 32.1 Å². The van der Waals surface area contributed by atoms with Crippen LogP contribution in [0.4, 0.5) is 0 Å². The lowest BCUT2D eigenvalue weighted by atomic mass is 10.2. The van der Waals surface area contributed by atoms with Gasteiger partial charge in [0.25, 0.3) is 5.56 Å². The summed E-state index contributed by atoms with van der Waals surface area (Å²) in [7, 11) is -4.39. The highest BCUT2D eigenvalue weighted by Gasteiger charge is 2.40. The summed E-state index contributed by atoms with van der Waals surface area (Å²) in [6, 6.07) is 0. The van der Waals surface area contributed by atoms with Crippen LogP contribution >= 0.6 is 14.1 Å². The van der Waals surface area contributed by atoms with Gasteiger partial charge in [0.15, 0.2) is 12.7 Å². The second kappa shape index (κ2) is 8.23. The maximum absolute atomic E-state index is 12.2. The molecule has 0 spiro atoms. The Kier molecular flexibility index (Phi) is 6.82. The molecule has 1 aliphatic rings. The number of aromatic nitrogens is 2. The summed E-state index contributed by atoms with van der Waals surface area (Å²) in [5.41, 5.74) is -1.36. The summed E-state index contributed by atoms with van der Waals surface area (Å²) in [4.78, 5) is 54.3. The second-order valence-corrected chi connectivity index (χ2v) is 11.9. The second-order valence-electron chi connectivity index (χ2n) is 6.51. The normalized spacial score (nSPS) is 26.0. The van der Waals surface area contributed by atoms with E-state index in [1.807, 2.05) is 0 Å². The predicted octanol–water partition coefficient (Wildman–Crippen LogP) is 0.919. The minimum Gasteiger partial charge on any atom is -0.348 e. The first-order chi connectivity index (χ1) is 12.3. The van der Waals surface area contributed by atoms with Gasteiger partial charge in [-0.15, -0.1) is 0 Å². The Morgan fingerprint density at radius 3 is 2.59 bits per heavy atom. The van der Waals surface area contributed by atoms with Crippen molar-refractivity contribution in [1.29, 1.82) is 0 Å². The maximum Gasteiger partial charge on any atom is 0.348 e. The van der Waals surface area contributed by atoms with E-state index >= 15 is 0 Å². The fourth-order valence-corrected chi connectivity index (χ4v) is 4.00. The van der Waals surface area contributed by atoms with Gasteiger partial charge in [-0.2, -0.15) is 0 Å². The van der Waals surface area contributed by atoms with E-state index in [-0.39, 0.29) is 17.6 Å². The molecule has 2 heterocycles. The molecule has 27 heavy (non-hydrogen) atoms. The number of aryl methyl sites for hydroxylation is 1. The molecule has 0 amide bonds. The lowest BCUT2D eigenvalue weighted by Crippen LogP contribution is -2.37. The van der Waals surface area contributed by atoms with Gasteiger partial charge in [-0.1, -0.05) is 13.8 Å². The zero-order valence-corrected chi connectivity index (χ0v) is 17.5. The van der Waals surface area contributed by atoms with Crippen molar-refractivity contribution in [3.05, 3.63) is 44.5 Å². The number of H-pyrrole nitrogens is 1. The van der Waals surface area contributed by atoms with Crippen molar-refractivity contribution in [2.24, 2.45) is 0 Å². The molecule has 0 aliphatic carbocycles. The number of rotatable bonds is 6. The van der Waals surface area contributed by atoms with Crippen molar-refractivity contribution in [2.45, 2.75) is 51.3 Å². The van der Waals surface area contributed by atoms with E-state index in [1.165, 1.54) is 19.2 Å². The highest BCUT2D eigenvalue weighted by molar-refractivity contribution is 8.09. The summed E-state index contributed by atoms with van der Waals surface area (Å²) < 4.78 is 23.6. The lowest BCUT2D eigenvalue weighted by molar-refractivity contribution is -0.0204. The van der Waals surface area contributed by atoms with Gasteiger partial charge in [0.1, 0.15) is 6.10 Å². The van der Waals surface area contributed by atoms with Crippen molar-refractivity contribution in [3.8, 4) is 0 Å². The summed E-state index contributed by atoms with van der Waals surface area (Å²) in [5.74, 6) is 0.704. The van der Waals surface area contributed by atoms with E-state index in [2.05, 4.69) is 4.98 Å². The van der Waals surface area contributed by atoms with Crippen LogP contribution in [0.15, 0.2) is 27.7 Å². The molecule has 4 atom stereocenters. The lowest BCUT2D eigenvalue weighted by Gasteiger charge is -2.27. The van der Waals surface area contributed by atoms with Gasteiger partial charge in [0, 0.05) is 29.7 Å². The summed E-state index contributed by atoms with van der Waals surface area (Å²) in [5, 5.41) is 0. The number of nitrogens with zero attached hydrogens (tertiary/aromatic N) is 1. The number of ether oxygens (including phenoxy) is 1. The number of hydrogen-bond donors (Lipinski definition) is 4. The molecule has 1 saturated heterocycles. The maximum atomic E-state index is 12.2. The predicted molar refractivity (Wildman–Crippen MR) is 102 cm³/mol. The highest BCUT2D eigenvalue weighted by atomic mass is 32.5. The van der Waals surface area contributed by atoms with Crippen LogP contribution in [-0.2, 0) is 25.6 Å². The van der Waals surface area contributed by atoms with Crippen LogP contribution < -0.4 is 11.2 Å².